The van der Waals surface area contributed by atoms with Crippen molar-refractivity contribution >= 4 is 11.8 Å². The highest BCUT2D eigenvalue weighted by molar-refractivity contribution is 5.99. The topological polar surface area (TPSA) is 67.4 Å². The van der Waals surface area contributed by atoms with Gasteiger partial charge in [0.05, 0.1) is 6.61 Å². The Balaban J connectivity index is 1.79. The lowest BCUT2D eigenvalue weighted by Gasteiger charge is -2.09. The third kappa shape index (κ3) is 6.24. The number of nitrogens with one attached hydrogen (secondary N) is 2. The van der Waals surface area contributed by atoms with Crippen molar-refractivity contribution in [3.63, 3.8) is 0 Å². The second kappa shape index (κ2) is 10.2. The van der Waals surface area contributed by atoms with E-state index in [4.69, 9.17) is 4.74 Å². The SMILES string of the molecule is CCCCCCOc1ccc(C(=O)NNC(=O)c2cccc(C)c2)cc1. The predicted molar refractivity (Wildman–Crippen MR) is 102 cm³/mol. The number of amides is 2. The molecule has 0 unspecified atom stereocenters. The minimum atomic E-state index is -0.375. The van der Waals surface area contributed by atoms with Crippen LogP contribution in [0.3, 0.4) is 0 Å². The molecular formula is C21H26N2O3. The van der Waals surface area contributed by atoms with Crippen LogP contribution in [0, 0.1) is 6.92 Å². The maximum absolute atomic E-state index is 12.1. The first-order valence-corrected chi connectivity index (χ1v) is 9.00. The van der Waals surface area contributed by atoms with E-state index < -0.39 is 0 Å². The third-order valence-corrected chi connectivity index (χ3v) is 3.95. The van der Waals surface area contributed by atoms with E-state index in [2.05, 4.69) is 17.8 Å². The van der Waals surface area contributed by atoms with Crippen LogP contribution in [0.4, 0.5) is 0 Å². The van der Waals surface area contributed by atoms with Crippen molar-refractivity contribution in [1.82, 2.24) is 10.9 Å². The number of benzene rings is 2. The van der Waals surface area contributed by atoms with Crippen molar-refractivity contribution in [2.45, 2.75) is 39.5 Å². The van der Waals surface area contributed by atoms with Crippen LogP contribution in [0.25, 0.3) is 0 Å². The van der Waals surface area contributed by atoms with Crippen molar-refractivity contribution in [3.05, 3.63) is 65.2 Å². The van der Waals surface area contributed by atoms with Gasteiger partial charge in [0.1, 0.15) is 5.75 Å². The van der Waals surface area contributed by atoms with E-state index in [1.807, 2.05) is 13.0 Å². The third-order valence-electron chi connectivity index (χ3n) is 3.95. The Bertz CT molecular complexity index is 726. The lowest BCUT2D eigenvalue weighted by molar-refractivity contribution is 0.0846. The number of hydrazine groups is 1. The number of unbranched alkanes of at least 4 members (excludes halogenated alkanes) is 3. The molecule has 0 spiro atoms. The summed E-state index contributed by atoms with van der Waals surface area (Å²) < 4.78 is 5.65. The molecule has 2 amide bonds. The second-order valence-electron chi connectivity index (χ2n) is 6.21. The van der Waals surface area contributed by atoms with E-state index in [9.17, 15) is 9.59 Å². The molecule has 0 aliphatic carbocycles. The predicted octanol–water partition coefficient (Wildman–Crippen LogP) is 4.03. The minimum Gasteiger partial charge on any atom is -0.494 e. The average Bonchev–Trinajstić information content (AvgIpc) is 2.66. The standard InChI is InChI=1S/C21H26N2O3/c1-3-4-5-6-14-26-19-12-10-17(11-13-19)20(24)22-23-21(25)18-9-7-8-16(2)15-18/h7-13,15H,3-6,14H2,1-2H3,(H,22,24)(H,23,25). The summed E-state index contributed by atoms with van der Waals surface area (Å²) in [6.45, 7) is 4.76. The van der Waals surface area contributed by atoms with Gasteiger partial charge >= 0.3 is 0 Å². The van der Waals surface area contributed by atoms with Gasteiger partial charge in [-0.1, -0.05) is 43.9 Å². The number of carbonyl (C=O) groups is 2. The van der Waals surface area contributed by atoms with Gasteiger partial charge in [-0.05, 0) is 49.7 Å². The normalized spacial score (nSPS) is 10.2. The van der Waals surface area contributed by atoms with Crippen LogP contribution in [0.1, 0.15) is 58.9 Å². The first-order valence-electron chi connectivity index (χ1n) is 9.00. The number of ether oxygens (including phenoxy) is 1. The largest absolute Gasteiger partial charge is 0.494 e. The van der Waals surface area contributed by atoms with E-state index >= 15 is 0 Å². The molecule has 0 fully saturated rings. The number of aryl methyl sites for hydroxylation is 1. The van der Waals surface area contributed by atoms with Crippen molar-refractivity contribution in [2.75, 3.05) is 6.61 Å². The summed E-state index contributed by atoms with van der Waals surface area (Å²) in [6, 6.07) is 14.0. The monoisotopic (exact) mass is 354 g/mol. The molecule has 2 N–H and O–H groups in total. The summed E-state index contributed by atoms with van der Waals surface area (Å²) in [6.07, 6.45) is 4.61. The van der Waals surface area contributed by atoms with Crippen LogP contribution in [0.5, 0.6) is 5.75 Å². The number of hydrogen-bond donors (Lipinski definition) is 2. The molecule has 0 saturated heterocycles. The molecule has 5 nitrogen and oxygen atoms in total. The van der Waals surface area contributed by atoms with Crippen LogP contribution in [0.15, 0.2) is 48.5 Å². The van der Waals surface area contributed by atoms with Gasteiger partial charge < -0.3 is 4.74 Å². The van der Waals surface area contributed by atoms with Crippen LogP contribution >= 0.6 is 0 Å². The first kappa shape index (κ1) is 19.5. The average molecular weight is 354 g/mol. The van der Waals surface area contributed by atoms with Crippen molar-refractivity contribution < 1.29 is 14.3 Å². The molecule has 26 heavy (non-hydrogen) atoms. The van der Waals surface area contributed by atoms with Crippen molar-refractivity contribution in [2.24, 2.45) is 0 Å². The van der Waals surface area contributed by atoms with Gasteiger partial charge in [-0.15, -0.1) is 0 Å². The van der Waals surface area contributed by atoms with E-state index in [-0.39, 0.29) is 11.8 Å². The Morgan fingerprint density at radius 3 is 2.23 bits per heavy atom. The Morgan fingerprint density at radius 1 is 0.885 bits per heavy atom. The zero-order valence-electron chi connectivity index (χ0n) is 15.4. The Kier molecular flexibility index (Phi) is 7.68. The summed E-state index contributed by atoms with van der Waals surface area (Å²) in [7, 11) is 0. The molecule has 0 aliphatic heterocycles. The van der Waals surface area contributed by atoms with E-state index in [1.54, 1.807) is 42.5 Å². The van der Waals surface area contributed by atoms with Crippen LogP contribution in [-0.4, -0.2) is 18.4 Å². The number of carbonyl (C=O) groups excluding carboxylic acids is 2. The molecule has 2 aromatic carbocycles. The Labute approximate surface area is 154 Å². The van der Waals surface area contributed by atoms with Crippen LogP contribution < -0.4 is 15.6 Å². The van der Waals surface area contributed by atoms with Gasteiger partial charge in [0, 0.05) is 11.1 Å². The lowest BCUT2D eigenvalue weighted by Crippen LogP contribution is -2.41. The molecular weight excluding hydrogens is 328 g/mol. The summed E-state index contributed by atoms with van der Waals surface area (Å²) in [5.74, 6) is 0.0106. The van der Waals surface area contributed by atoms with Crippen LogP contribution in [-0.2, 0) is 0 Å². The van der Waals surface area contributed by atoms with Gasteiger partial charge in [-0.25, -0.2) is 0 Å². The molecule has 2 aromatic rings. The molecule has 0 aliphatic rings. The van der Waals surface area contributed by atoms with Gasteiger partial charge in [0.2, 0.25) is 0 Å². The summed E-state index contributed by atoms with van der Waals surface area (Å²) in [4.78, 5) is 24.2. The summed E-state index contributed by atoms with van der Waals surface area (Å²) in [5, 5.41) is 0. The molecule has 138 valence electrons. The highest BCUT2D eigenvalue weighted by Crippen LogP contribution is 2.13. The fourth-order valence-corrected chi connectivity index (χ4v) is 2.47. The van der Waals surface area contributed by atoms with E-state index in [1.165, 1.54) is 12.8 Å². The fraction of sp³-hybridized carbons (Fsp3) is 0.333. The van der Waals surface area contributed by atoms with E-state index in [0.717, 1.165) is 24.2 Å². The maximum Gasteiger partial charge on any atom is 0.269 e. The second-order valence-corrected chi connectivity index (χ2v) is 6.21. The van der Waals surface area contributed by atoms with E-state index in [0.29, 0.717) is 17.7 Å². The van der Waals surface area contributed by atoms with Gasteiger partial charge in [0.25, 0.3) is 11.8 Å². The molecule has 0 radical (unpaired) electrons. The quantitative estimate of drug-likeness (QED) is 0.555. The Morgan fingerprint density at radius 2 is 1.58 bits per heavy atom. The molecule has 0 heterocycles. The number of hydrogen-bond acceptors (Lipinski definition) is 3. The zero-order valence-corrected chi connectivity index (χ0v) is 15.4. The Hall–Kier alpha value is -2.82. The molecule has 0 atom stereocenters. The van der Waals surface area contributed by atoms with Gasteiger partial charge in [-0.3, -0.25) is 20.4 Å². The van der Waals surface area contributed by atoms with Crippen molar-refractivity contribution in [1.29, 1.82) is 0 Å². The lowest BCUT2D eigenvalue weighted by atomic mass is 10.1. The molecule has 2 rings (SSSR count). The minimum absolute atomic E-state index is 0.353. The molecule has 0 saturated carbocycles. The fourth-order valence-electron chi connectivity index (χ4n) is 2.47. The molecule has 0 bridgehead atoms. The van der Waals surface area contributed by atoms with Crippen molar-refractivity contribution in [3.8, 4) is 5.75 Å². The maximum atomic E-state index is 12.1. The van der Waals surface area contributed by atoms with Gasteiger partial charge in [0.15, 0.2) is 0 Å². The zero-order chi connectivity index (χ0) is 18.8. The highest BCUT2D eigenvalue weighted by Gasteiger charge is 2.09. The summed E-state index contributed by atoms with van der Waals surface area (Å²) >= 11 is 0. The van der Waals surface area contributed by atoms with Crippen LogP contribution in [0.2, 0.25) is 0 Å². The molecule has 0 aromatic heterocycles. The first-order chi connectivity index (χ1) is 12.6. The summed E-state index contributed by atoms with van der Waals surface area (Å²) in [5.41, 5.74) is 6.78. The smallest absolute Gasteiger partial charge is 0.269 e. The van der Waals surface area contributed by atoms with Gasteiger partial charge in [-0.2, -0.15) is 0 Å². The highest BCUT2D eigenvalue weighted by atomic mass is 16.5. The number of rotatable bonds is 8. The molecule has 5 heteroatoms.